The van der Waals surface area contributed by atoms with E-state index < -0.39 is 5.41 Å². The number of amides is 2. The molecule has 1 aliphatic rings. The van der Waals surface area contributed by atoms with Gasteiger partial charge >= 0.3 is 0 Å². The Morgan fingerprint density at radius 3 is 2.53 bits per heavy atom. The normalized spacial score (nSPS) is 25.9. The highest BCUT2D eigenvalue weighted by Crippen LogP contribution is 2.30. The molecule has 0 aliphatic carbocycles. The first-order valence-electron chi connectivity index (χ1n) is 6.23. The van der Waals surface area contributed by atoms with Crippen LogP contribution in [0.3, 0.4) is 0 Å². The second kappa shape index (κ2) is 5.49. The second-order valence-electron chi connectivity index (χ2n) is 5.16. The smallest absolute Gasteiger partial charge is 0.226 e. The summed E-state index contributed by atoms with van der Waals surface area (Å²) in [5.41, 5.74) is 10.4. The fourth-order valence-electron chi connectivity index (χ4n) is 2.30. The van der Waals surface area contributed by atoms with Crippen LogP contribution in [0.1, 0.15) is 33.1 Å². The number of primary amides is 1. The molecule has 2 unspecified atom stereocenters. The zero-order valence-electron chi connectivity index (χ0n) is 10.7. The molecule has 5 heteroatoms. The van der Waals surface area contributed by atoms with Crippen LogP contribution in [0.4, 0.5) is 0 Å². The first-order valence-corrected chi connectivity index (χ1v) is 6.23. The molecule has 0 aromatic carbocycles. The van der Waals surface area contributed by atoms with Gasteiger partial charge in [0.2, 0.25) is 11.8 Å². The molecule has 0 aromatic rings. The summed E-state index contributed by atoms with van der Waals surface area (Å²) in [4.78, 5) is 25.2. The molecule has 98 valence electrons. The van der Waals surface area contributed by atoms with Gasteiger partial charge in [0.25, 0.3) is 0 Å². The third-order valence-electron chi connectivity index (χ3n) is 3.65. The minimum Gasteiger partial charge on any atom is -0.369 e. The van der Waals surface area contributed by atoms with E-state index in [1.807, 2.05) is 13.8 Å². The van der Waals surface area contributed by atoms with Crippen molar-refractivity contribution in [1.29, 1.82) is 0 Å². The molecule has 5 nitrogen and oxygen atoms in total. The van der Waals surface area contributed by atoms with E-state index in [-0.39, 0.29) is 17.7 Å². The highest BCUT2D eigenvalue weighted by molar-refractivity contribution is 5.84. The summed E-state index contributed by atoms with van der Waals surface area (Å²) in [7, 11) is 0. The van der Waals surface area contributed by atoms with E-state index >= 15 is 0 Å². The summed E-state index contributed by atoms with van der Waals surface area (Å²) in [6.07, 6.45) is 2.39. The molecule has 2 atom stereocenters. The molecule has 0 bridgehead atoms. The van der Waals surface area contributed by atoms with Crippen molar-refractivity contribution in [3.63, 3.8) is 0 Å². The van der Waals surface area contributed by atoms with Gasteiger partial charge in [0.1, 0.15) is 0 Å². The van der Waals surface area contributed by atoms with E-state index in [2.05, 4.69) is 0 Å². The van der Waals surface area contributed by atoms with Crippen LogP contribution in [0.2, 0.25) is 0 Å². The second-order valence-corrected chi connectivity index (χ2v) is 5.16. The first kappa shape index (κ1) is 14.0. The quantitative estimate of drug-likeness (QED) is 0.714. The molecule has 0 spiro atoms. The lowest BCUT2D eigenvalue weighted by Gasteiger charge is -2.24. The predicted octanol–water partition coefficient (Wildman–Crippen LogP) is 0.0853. The van der Waals surface area contributed by atoms with Gasteiger partial charge in [-0.2, -0.15) is 0 Å². The number of rotatable bonds is 5. The van der Waals surface area contributed by atoms with E-state index in [1.165, 1.54) is 0 Å². The van der Waals surface area contributed by atoms with E-state index in [4.69, 9.17) is 11.5 Å². The Kier molecular flexibility index (Phi) is 4.51. The summed E-state index contributed by atoms with van der Waals surface area (Å²) >= 11 is 0. The number of hydrogen-bond acceptors (Lipinski definition) is 3. The summed E-state index contributed by atoms with van der Waals surface area (Å²) in [5, 5.41) is 0. The summed E-state index contributed by atoms with van der Waals surface area (Å²) in [6.45, 7) is 5.27. The lowest BCUT2D eigenvalue weighted by molar-refractivity contribution is -0.135. The van der Waals surface area contributed by atoms with Gasteiger partial charge in [-0.3, -0.25) is 9.59 Å². The minimum absolute atomic E-state index is 0.0688. The van der Waals surface area contributed by atoms with Crippen molar-refractivity contribution in [2.24, 2.45) is 22.8 Å². The van der Waals surface area contributed by atoms with Crippen LogP contribution in [0.15, 0.2) is 0 Å². The number of carbonyl (C=O) groups is 2. The average molecular weight is 241 g/mol. The Morgan fingerprint density at radius 2 is 2.12 bits per heavy atom. The molecule has 4 N–H and O–H groups in total. The Bertz CT molecular complexity index is 306. The Balaban J connectivity index is 2.64. The van der Waals surface area contributed by atoms with Crippen molar-refractivity contribution in [3.05, 3.63) is 0 Å². The molecule has 1 heterocycles. The van der Waals surface area contributed by atoms with E-state index in [9.17, 15) is 9.59 Å². The van der Waals surface area contributed by atoms with Gasteiger partial charge in [-0.1, -0.05) is 13.3 Å². The first-order chi connectivity index (χ1) is 7.94. The number of hydrogen-bond donors (Lipinski definition) is 2. The van der Waals surface area contributed by atoms with Crippen molar-refractivity contribution < 1.29 is 9.59 Å². The van der Waals surface area contributed by atoms with Gasteiger partial charge in [-0.05, 0) is 19.8 Å². The Hall–Kier alpha value is -1.10. The molecule has 17 heavy (non-hydrogen) atoms. The van der Waals surface area contributed by atoms with Crippen LogP contribution >= 0.6 is 0 Å². The van der Waals surface area contributed by atoms with Gasteiger partial charge in [0.15, 0.2) is 0 Å². The number of carbonyl (C=O) groups excluding carboxylic acids is 2. The van der Waals surface area contributed by atoms with Crippen molar-refractivity contribution in [3.8, 4) is 0 Å². The zero-order chi connectivity index (χ0) is 13.1. The van der Waals surface area contributed by atoms with E-state index in [0.717, 1.165) is 12.8 Å². The molecule has 1 aliphatic heterocycles. The standard InChI is InChI=1S/C12H23N3O2/c1-3-4-9(7-13)10(16)15-6-5-12(2,8-15)11(14)17/h9H,3-8,13H2,1-2H3,(H2,14,17). The number of nitrogens with two attached hydrogens (primary N) is 2. The lowest BCUT2D eigenvalue weighted by atomic mass is 9.89. The molecule has 0 radical (unpaired) electrons. The maximum atomic E-state index is 12.2. The summed E-state index contributed by atoms with van der Waals surface area (Å²) < 4.78 is 0. The molecular formula is C12H23N3O2. The van der Waals surface area contributed by atoms with Crippen LogP contribution in [0, 0.1) is 11.3 Å². The Morgan fingerprint density at radius 1 is 1.47 bits per heavy atom. The molecular weight excluding hydrogens is 218 g/mol. The van der Waals surface area contributed by atoms with Crippen molar-refractivity contribution in [2.75, 3.05) is 19.6 Å². The summed E-state index contributed by atoms with van der Waals surface area (Å²) in [5.74, 6) is -0.373. The van der Waals surface area contributed by atoms with Crippen LogP contribution in [-0.4, -0.2) is 36.3 Å². The van der Waals surface area contributed by atoms with Crippen molar-refractivity contribution in [2.45, 2.75) is 33.1 Å². The lowest BCUT2D eigenvalue weighted by Crippen LogP contribution is -2.41. The topological polar surface area (TPSA) is 89.4 Å². The maximum Gasteiger partial charge on any atom is 0.226 e. The third-order valence-corrected chi connectivity index (χ3v) is 3.65. The summed E-state index contributed by atoms with van der Waals surface area (Å²) in [6, 6.07) is 0. The molecule has 1 saturated heterocycles. The minimum atomic E-state index is -0.568. The van der Waals surface area contributed by atoms with Crippen LogP contribution in [-0.2, 0) is 9.59 Å². The largest absolute Gasteiger partial charge is 0.369 e. The van der Waals surface area contributed by atoms with Crippen molar-refractivity contribution >= 4 is 11.8 Å². The SMILES string of the molecule is CCCC(CN)C(=O)N1CCC(C)(C(N)=O)C1. The van der Waals surface area contributed by atoms with E-state index in [0.29, 0.717) is 26.1 Å². The number of likely N-dealkylation sites (tertiary alicyclic amines) is 1. The van der Waals surface area contributed by atoms with Crippen molar-refractivity contribution in [1.82, 2.24) is 4.90 Å². The van der Waals surface area contributed by atoms with Gasteiger partial charge in [-0.25, -0.2) is 0 Å². The molecule has 1 fully saturated rings. The Labute approximate surface area is 103 Å². The number of nitrogens with zero attached hydrogens (tertiary/aromatic N) is 1. The average Bonchev–Trinajstić information content (AvgIpc) is 2.69. The molecule has 2 amide bonds. The predicted molar refractivity (Wildman–Crippen MR) is 66.0 cm³/mol. The van der Waals surface area contributed by atoms with Gasteiger partial charge in [-0.15, -0.1) is 0 Å². The van der Waals surface area contributed by atoms with Crippen LogP contribution in [0.25, 0.3) is 0 Å². The van der Waals surface area contributed by atoms with Crippen LogP contribution in [0.5, 0.6) is 0 Å². The third kappa shape index (κ3) is 2.97. The molecule has 0 aromatic heterocycles. The monoisotopic (exact) mass is 241 g/mol. The maximum absolute atomic E-state index is 12.2. The van der Waals surface area contributed by atoms with Gasteiger partial charge in [0.05, 0.1) is 11.3 Å². The fourth-order valence-corrected chi connectivity index (χ4v) is 2.30. The highest BCUT2D eigenvalue weighted by Gasteiger charge is 2.41. The molecule has 0 saturated carbocycles. The zero-order valence-corrected chi connectivity index (χ0v) is 10.7. The van der Waals surface area contributed by atoms with E-state index in [1.54, 1.807) is 4.90 Å². The van der Waals surface area contributed by atoms with Gasteiger partial charge < -0.3 is 16.4 Å². The fraction of sp³-hybridized carbons (Fsp3) is 0.833. The van der Waals surface area contributed by atoms with Crippen LogP contribution < -0.4 is 11.5 Å². The highest BCUT2D eigenvalue weighted by atomic mass is 16.2. The molecule has 1 rings (SSSR count). The van der Waals surface area contributed by atoms with Gasteiger partial charge in [0, 0.05) is 19.6 Å².